The summed E-state index contributed by atoms with van der Waals surface area (Å²) in [6, 6.07) is 40.7. The molecule has 0 radical (unpaired) electrons. The first-order chi connectivity index (χ1) is 58.9. The summed E-state index contributed by atoms with van der Waals surface area (Å²) in [6.45, 7) is 14.9. The summed E-state index contributed by atoms with van der Waals surface area (Å²) in [6.07, 6.45) is 0.940. The van der Waals surface area contributed by atoms with Crippen LogP contribution >= 0.6 is 11.6 Å². The third kappa shape index (κ3) is 14.3. The Balaban J connectivity index is 0.000000138. The highest BCUT2D eigenvalue weighted by Gasteiger charge is 2.37. The molecule has 3 aromatic heterocycles. The van der Waals surface area contributed by atoms with Gasteiger partial charge in [0.15, 0.2) is 11.6 Å². The lowest BCUT2D eigenvalue weighted by molar-refractivity contribution is 0.0780. The number of fused-ring (bicyclic) bond motifs is 12. The fourth-order valence-electron chi connectivity index (χ4n) is 17.4. The van der Waals surface area contributed by atoms with E-state index in [1.54, 1.807) is 141 Å². The average molecular weight is 1710 g/mol. The van der Waals surface area contributed by atoms with Crippen molar-refractivity contribution in [2.45, 2.75) is 98.4 Å². The first kappa shape index (κ1) is 84.2. The molecular weight excluding hydrogens is 1640 g/mol. The van der Waals surface area contributed by atoms with Crippen LogP contribution in [0.1, 0.15) is 139 Å². The molecule has 0 aliphatic heterocycles. The Morgan fingerprint density at radius 3 is 1.04 bits per heavy atom. The predicted molar refractivity (Wildman–Crippen MR) is 462 cm³/mol. The van der Waals surface area contributed by atoms with Crippen molar-refractivity contribution in [1.29, 1.82) is 0 Å². The zero-order chi connectivity index (χ0) is 89.9. The largest absolute Gasteiger partial charge is 0.386 e. The van der Waals surface area contributed by atoms with Gasteiger partial charge in [0.25, 0.3) is 16.7 Å². The molecule has 12 N–H and O–H groups in total. The number of nitrogens with zero attached hydrogens (tertiary/aromatic N) is 3. The number of nitrogens with two attached hydrogens (primary N) is 3. The Labute approximate surface area is 708 Å². The number of H-pyrrole nitrogens is 3. The van der Waals surface area contributed by atoms with Gasteiger partial charge in [-0.15, -0.1) is 0 Å². The van der Waals surface area contributed by atoms with Crippen LogP contribution in [0.15, 0.2) is 199 Å². The van der Waals surface area contributed by atoms with Crippen LogP contribution in [0.3, 0.4) is 0 Å². The fraction of sp³-hybridized carbons (Fsp3) is 0.156. The molecule has 15 aromatic rings. The van der Waals surface area contributed by atoms with Crippen LogP contribution < -0.4 is 50.9 Å². The van der Waals surface area contributed by atoms with Crippen LogP contribution in [0.25, 0.3) is 117 Å². The van der Waals surface area contributed by atoms with Gasteiger partial charge in [-0.25, -0.2) is 58.8 Å². The molecule has 3 heterocycles. The summed E-state index contributed by atoms with van der Waals surface area (Å²) >= 11 is 6.84. The van der Waals surface area contributed by atoms with Crippen molar-refractivity contribution < 1.29 is 60.4 Å². The first-order valence-corrected chi connectivity index (χ1v) is 39.4. The lowest BCUT2D eigenvalue weighted by Gasteiger charge is -2.20. The number of aliphatic hydroxyl groups is 3. The minimum absolute atomic E-state index is 0.0207. The highest BCUT2D eigenvalue weighted by molar-refractivity contribution is 6.35. The van der Waals surface area contributed by atoms with Gasteiger partial charge in [0, 0.05) is 50.5 Å². The number of hydrogen-bond acceptors (Lipinski definition) is 12. The van der Waals surface area contributed by atoms with E-state index in [-0.39, 0.29) is 83.5 Å². The second kappa shape index (κ2) is 30.6. The average Bonchev–Trinajstić information content (AvgIpc) is 1.63. The van der Waals surface area contributed by atoms with E-state index in [4.69, 9.17) is 28.8 Å². The number of amides is 3. The number of benzene rings is 12. The number of carbonyl (C=O) groups is 3. The lowest BCUT2D eigenvalue weighted by atomic mass is 9.88. The number of primary amides is 3. The molecule has 0 atom stereocenters. The summed E-state index contributed by atoms with van der Waals surface area (Å²) in [5.74, 6) is -8.32. The van der Waals surface area contributed by atoms with E-state index >= 15 is 8.78 Å². The Morgan fingerprint density at radius 1 is 0.360 bits per heavy atom. The number of hydrogen-bond donors (Lipinski definition) is 9. The summed E-state index contributed by atoms with van der Waals surface area (Å²) < 4.78 is 105. The summed E-state index contributed by atoms with van der Waals surface area (Å²) in [5.41, 5.74) is 22.0. The molecule has 0 saturated carbocycles. The third-order valence-electron chi connectivity index (χ3n) is 23.5. The van der Waals surface area contributed by atoms with Gasteiger partial charge < -0.3 is 47.5 Å². The van der Waals surface area contributed by atoms with Crippen molar-refractivity contribution in [3.05, 3.63) is 362 Å². The normalized spacial score (nSPS) is 12.4. The van der Waals surface area contributed by atoms with Gasteiger partial charge in [-0.2, -0.15) is 0 Å². The first-order valence-electron chi connectivity index (χ1n) is 39.0. The SMILES string of the molecule is Cc1c(-c2c(Cl)cc(C(N)=O)c3c2-c2ccc(C(C)(C)O)cc2C3)cccc1-n1c(=O)[nH]c2c(F)cc(F)cc2c1=O.Cc1c(-c2c(F)cc(C(N)=O)c3c2-c2ccc(C(C)(C)O)cc2C3)cccc1-n1c(=O)[nH]c2c(F)cc(F)cc2c1=O.Cc1c(-c2c(F)cc(C(N)=O)c3c2-c2ccc(C(C)(C)O)cc2C3)cccc1-n1c(=O)[nH]c2cc(F)ccc2c1=O. The number of carbonyl (C=O) groups excluding carboxylic acids is 3. The molecule has 0 unspecified atom stereocenters. The quantitative estimate of drug-likeness (QED) is 0.0516. The van der Waals surface area contributed by atoms with E-state index < -0.39 is 115 Å². The molecule has 0 saturated heterocycles. The third-order valence-corrected chi connectivity index (χ3v) is 23.8. The molecule has 125 heavy (non-hydrogen) atoms. The number of rotatable bonds is 12. The second-order valence-electron chi connectivity index (χ2n) is 32.7. The summed E-state index contributed by atoms with van der Waals surface area (Å²) in [4.78, 5) is 124. The van der Waals surface area contributed by atoms with E-state index in [1.807, 2.05) is 18.2 Å². The lowest BCUT2D eigenvalue weighted by Crippen LogP contribution is -2.34. The van der Waals surface area contributed by atoms with E-state index in [9.17, 15) is 80.4 Å². The molecule has 3 aliphatic carbocycles. The van der Waals surface area contributed by atoms with E-state index in [2.05, 4.69) is 15.0 Å². The number of halogens is 8. The van der Waals surface area contributed by atoms with Crippen LogP contribution in [0, 0.1) is 61.5 Å². The molecule has 0 spiro atoms. The zero-order valence-corrected chi connectivity index (χ0v) is 68.7. The van der Waals surface area contributed by atoms with Crippen LogP contribution in [-0.2, 0) is 36.1 Å². The molecule has 0 fully saturated rings. The van der Waals surface area contributed by atoms with Crippen molar-refractivity contribution in [1.82, 2.24) is 28.7 Å². The van der Waals surface area contributed by atoms with Crippen molar-refractivity contribution >= 4 is 62.0 Å². The number of nitrogens with one attached hydrogen (secondary N) is 3. The molecule has 12 aromatic carbocycles. The van der Waals surface area contributed by atoms with Gasteiger partial charge >= 0.3 is 17.1 Å². The Morgan fingerprint density at radius 2 is 0.688 bits per heavy atom. The molecule has 0 bridgehead atoms. The van der Waals surface area contributed by atoms with Gasteiger partial charge in [0.2, 0.25) is 17.7 Å². The maximum atomic E-state index is 16.0. The summed E-state index contributed by atoms with van der Waals surface area (Å²) in [7, 11) is 0. The van der Waals surface area contributed by atoms with Crippen molar-refractivity contribution in [3.63, 3.8) is 0 Å². The van der Waals surface area contributed by atoms with Crippen molar-refractivity contribution in [3.8, 4) is 83.8 Å². The predicted octanol–water partition coefficient (Wildman–Crippen LogP) is 15.3. The van der Waals surface area contributed by atoms with Crippen LogP contribution in [0.5, 0.6) is 0 Å². The van der Waals surface area contributed by atoms with Crippen LogP contribution in [0.4, 0.5) is 30.7 Å². The fourth-order valence-corrected chi connectivity index (χ4v) is 17.7. The zero-order valence-electron chi connectivity index (χ0n) is 67.9. The summed E-state index contributed by atoms with van der Waals surface area (Å²) in [5, 5.41) is 31.3. The minimum atomic E-state index is -1.14. The topological polar surface area (TPSA) is 355 Å². The number of aromatic nitrogens is 6. The maximum absolute atomic E-state index is 16.0. The Bertz CT molecular complexity index is 7450. The van der Waals surface area contributed by atoms with Gasteiger partial charge in [0.1, 0.15) is 29.1 Å². The standard InChI is InChI=1S/C32H24ClF2N3O4.C32H24F3N3O4.C32H25F2N3O4/c1-14-18(5-4-6-25(14)38-30(40)22-11-17(34)12-24(35)28(22)37-31(38)41)27-23(33)13-21(29(36)39)20-10-15-9-16(32(2,3)42)7-8-19(15)26(20)27;1-14-18(5-4-6-25(14)38-30(40)22-11-17(33)12-24(35)28(22)37-31(38)41)27-23(34)13-21(29(36)39)20-10-15-9-16(32(2,3)42)7-8-19(15)26(20)27;1-15-19(5-4-6-26(15)37-30(39)21-10-8-18(33)13-25(21)36-31(37)40)28-24(34)14-23(29(35)38)22-12-16-11-17(32(2,3)41)7-9-20(16)27(22)28/h2*4-9,11-13,42H,10H2,1-3H3,(H2,36,39)(H,37,41);4-11,13-14,41H,12H2,1-3H3,(H2,35,38)(H,36,40). The van der Waals surface area contributed by atoms with Crippen LogP contribution in [-0.4, -0.2) is 61.7 Å². The van der Waals surface area contributed by atoms with Crippen LogP contribution in [0.2, 0.25) is 5.02 Å². The molecule has 29 heteroatoms. The molecule has 21 nitrogen and oxygen atoms in total. The molecule has 3 amide bonds. The molecule has 18 rings (SSSR count). The second-order valence-corrected chi connectivity index (χ2v) is 33.1. The van der Waals surface area contributed by atoms with Gasteiger partial charge in [0.05, 0.1) is 66.6 Å². The molecule has 630 valence electrons. The van der Waals surface area contributed by atoms with Gasteiger partial charge in [-0.3, -0.25) is 28.8 Å². The number of aromatic amines is 3. The molecular formula is C96H73ClF7N9O12. The van der Waals surface area contributed by atoms with Crippen molar-refractivity contribution in [2.24, 2.45) is 17.2 Å². The van der Waals surface area contributed by atoms with E-state index in [1.165, 1.54) is 24.3 Å². The van der Waals surface area contributed by atoms with Gasteiger partial charge in [-0.1, -0.05) is 103 Å². The monoisotopic (exact) mass is 1710 g/mol. The minimum Gasteiger partial charge on any atom is -0.386 e. The molecule has 3 aliphatic rings. The van der Waals surface area contributed by atoms with E-state index in [0.29, 0.717) is 125 Å². The highest BCUT2D eigenvalue weighted by atomic mass is 35.5. The highest BCUT2D eigenvalue weighted by Crippen LogP contribution is 2.53. The van der Waals surface area contributed by atoms with Gasteiger partial charge in [-0.05, 0) is 265 Å². The van der Waals surface area contributed by atoms with Crippen molar-refractivity contribution in [2.75, 3.05) is 0 Å². The Hall–Kier alpha value is -14.5. The Kier molecular flexibility index (Phi) is 20.6. The maximum Gasteiger partial charge on any atom is 0.333 e. The van der Waals surface area contributed by atoms with E-state index in [0.717, 1.165) is 72.4 Å². The smallest absolute Gasteiger partial charge is 0.333 e.